The Morgan fingerprint density at radius 3 is 2.17 bits per heavy atom. The Morgan fingerprint density at radius 1 is 0.929 bits per heavy atom. The fourth-order valence-corrected chi connectivity index (χ4v) is 6.72. The molecule has 1 atom stereocenters. The van der Waals surface area contributed by atoms with Crippen molar-refractivity contribution in [2.75, 3.05) is 17.5 Å². The van der Waals surface area contributed by atoms with Crippen LogP contribution in [0.1, 0.15) is 57.1 Å². The molecule has 0 unspecified atom stereocenters. The minimum atomic E-state index is -4.14. The molecule has 0 aliphatic heterocycles. The highest BCUT2D eigenvalue weighted by atomic mass is 32.2. The predicted molar refractivity (Wildman–Crippen MR) is 165 cm³/mol. The zero-order valence-electron chi connectivity index (χ0n) is 24.7. The summed E-state index contributed by atoms with van der Waals surface area (Å²) in [5.74, 6) is -0.102. The van der Waals surface area contributed by atoms with Crippen molar-refractivity contribution in [3.63, 3.8) is 0 Å². The molecule has 224 valence electrons. The lowest BCUT2D eigenvalue weighted by molar-refractivity contribution is -0.140. The maximum Gasteiger partial charge on any atom is 0.264 e. The van der Waals surface area contributed by atoms with Gasteiger partial charge in [0.05, 0.1) is 17.2 Å². The van der Waals surface area contributed by atoms with Crippen LogP contribution >= 0.6 is 0 Å². The maximum absolute atomic E-state index is 14.2. The number of benzene rings is 3. The molecule has 1 fully saturated rings. The number of sulfonamides is 1. The molecule has 0 heterocycles. The molecule has 0 aromatic heterocycles. The van der Waals surface area contributed by atoms with Gasteiger partial charge < -0.3 is 15.0 Å². The molecular formula is C33H41N3O5S. The quantitative estimate of drug-likeness (QED) is 0.285. The summed E-state index contributed by atoms with van der Waals surface area (Å²) in [7, 11) is -4.14. The molecule has 9 heteroatoms. The van der Waals surface area contributed by atoms with Gasteiger partial charge in [0, 0.05) is 12.6 Å². The van der Waals surface area contributed by atoms with E-state index in [1.807, 2.05) is 63.2 Å². The summed E-state index contributed by atoms with van der Waals surface area (Å²) < 4.78 is 34.7. The van der Waals surface area contributed by atoms with Crippen molar-refractivity contribution >= 4 is 27.5 Å². The summed E-state index contributed by atoms with van der Waals surface area (Å²) in [5.41, 5.74) is 2.18. The molecule has 0 radical (unpaired) electrons. The van der Waals surface area contributed by atoms with E-state index in [2.05, 4.69) is 5.32 Å². The van der Waals surface area contributed by atoms with E-state index in [-0.39, 0.29) is 23.4 Å². The number of amides is 2. The molecular weight excluding hydrogens is 550 g/mol. The lowest BCUT2D eigenvalue weighted by Gasteiger charge is -2.33. The fourth-order valence-electron chi connectivity index (χ4n) is 5.31. The van der Waals surface area contributed by atoms with Crippen molar-refractivity contribution in [1.29, 1.82) is 0 Å². The molecule has 1 N–H and O–H groups in total. The Morgan fingerprint density at radius 2 is 1.57 bits per heavy atom. The predicted octanol–water partition coefficient (Wildman–Crippen LogP) is 5.46. The minimum absolute atomic E-state index is 0.0416. The van der Waals surface area contributed by atoms with Gasteiger partial charge in [0.1, 0.15) is 18.3 Å². The SMILES string of the molecule is CCOc1ccc(S(=O)(=O)N(CC(=O)N(Cc2ccccc2)[C@@H](CC)C(=O)NC2CCCC2)c2ccc(C)cc2)cc1. The Hall–Kier alpha value is -3.85. The number of nitrogens with one attached hydrogen (secondary N) is 1. The van der Waals surface area contributed by atoms with Crippen LogP contribution in [0.25, 0.3) is 0 Å². The highest BCUT2D eigenvalue weighted by Crippen LogP contribution is 2.27. The first-order chi connectivity index (χ1) is 20.2. The van der Waals surface area contributed by atoms with Crippen molar-refractivity contribution < 1.29 is 22.7 Å². The smallest absolute Gasteiger partial charge is 0.264 e. The van der Waals surface area contributed by atoms with E-state index in [0.29, 0.717) is 24.5 Å². The van der Waals surface area contributed by atoms with Crippen LogP contribution in [0.4, 0.5) is 5.69 Å². The first kappa shape index (κ1) is 31.1. The summed E-state index contributed by atoms with van der Waals surface area (Å²) in [6, 6.07) is 22.0. The summed E-state index contributed by atoms with van der Waals surface area (Å²) >= 11 is 0. The average molecular weight is 592 g/mol. The van der Waals surface area contributed by atoms with Crippen molar-refractivity contribution in [3.8, 4) is 5.75 Å². The highest BCUT2D eigenvalue weighted by molar-refractivity contribution is 7.92. The first-order valence-corrected chi connectivity index (χ1v) is 16.1. The number of aryl methyl sites for hydroxylation is 1. The number of hydrogen-bond acceptors (Lipinski definition) is 5. The van der Waals surface area contributed by atoms with Gasteiger partial charge in [0.15, 0.2) is 0 Å². The van der Waals surface area contributed by atoms with Crippen LogP contribution in [0.5, 0.6) is 5.75 Å². The van der Waals surface area contributed by atoms with Gasteiger partial charge >= 0.3 is 0 Å². The van der Waals surface area contributed by atoms with Crippen LogP contribution in [0.2, 0.25) is 0 Å². The Kier molecular flexibility index (Phi) is 10.6. The van der Waals surface area contributed by atoms with Crippen molar-refractivity contribution in [2.45, 2.75) is 76.4 Å². The molecule has 1 saturated carbocycles. The van der Waals surface area contributed by atoms with E-state index < -0.39 is 28.5 Å². The monoisotopic (exact) mass is 591 g/mol. The molecule has 4 rings (SSSR count). The number of carbonyl (C=O) groups is 2. The molecule has 0 spiro atoms. The zero-order chi connectivity index (χ0) is 30.1. The van der Waals surface area contributed by atoms with E-state index in [9.17, 15) is 18.0 Å². The summed E-state index contributed by atoms with van der Waals surface area (Å²) in [4.78, 5) is 29.3. The van der Waals surface area contributed by atoms with Gasteiger partial charge in [0.2, 0.25) is 11.8 Å². The van der Waals surface area contributed by atoms with E-state index in [4.69, 9.17) is 4.74 Å². The van der Waals surface area contributed by atoms with E-state index >= 15 is 0 Å². The second kappa shape index (κ2) is 14.4. The Labute approximate surface area is 249 Å². The van der Waals surface area contributed by atoms with Crippen LogP contribution in [-0.4, -0.2) is 50.4 Å². The third-order valence-electron chi connectivity index (χ3n) is 7.61. The zero-order valence-corrected chi connectivity index (χ0v) is 25.5. The first-order valence-electron chi connectivity index (χ1n) is 14.7. The van der Waals surface area contributed by atoms with Gasteiger partial charge in [-0.1, -0.05) is 67.8 Å². The molecule has 42 heavy (non-hydrogen) atoms. The summed E-state index contributed by atoms with van der Waals surface area (Å²) in [6.07, 6.45) is 4.40. The molecule has 0 saturated heterocycles. The number of anilines is 1. The molecule has 8 nitrogen and oxygen atoms in total. The largest absolute Gasteiger partial charge is 0.494 e. The number of rotatable bonds is 13. The molecule has 3 aromatic carbocycles. The molecule has 0 bridgehead atoms. The fraction of sp³-hybridized carbons (Fsp3) is 0.394. The lowest BCUT2D eigenvalue weighted by atomic mass is 10.1. The van der Waals surface area contributed by atoms with Gasteiger partial charge in [-0.3, -0.25) is 13.9 Å². The third-order valence-corrected chi connectivity index (χ3v) is 9.39. The second-order valence-electron chi connectivity index (χ2n) is 10.7. The Bertz CT molecular complexity index is 1420. The molecule has 2 amide bonds. The maximum atomic E-state index is 14.2. The number of hydrogen-bond donors (Lipinski definition) is 1. The summed E-state index contributed by atoms with van der Waals surface area (Å²) in [5, 5.41) is 3.14. The van der Waals surface area contributed by atoms with Gasteiger partial charge in [0.25, 0.3) is 10.0 Å². The summed E-state index contributed by atoms with van der Waals surface area (Å²) in [6.45, 7) is 5.82. The van der Waals surface area contributed by atoms with Gasteiger partial charge in [-0.25, -0.2) is 8.42 Å². The van der Waals surface area contributed by atoms with Crippen LogP contribution in [0.3, 0.4) is 0 Å². The van der Waals surface area contributed by atoms with Crippen molar-refractivity contribution in [1.82, 2.24) is 10.2 Å². The van der Waals surface area contributed by atoms with Gasteiger partial charge in [-0.05, 0) is 75.1 Å². The van der Waals surface area contributed by atoms with Crippen molar-refractivity contribution in [2.24, 2.45) is 0 Å². The van der Waals surface area contributed by atoms with E-state index in [1.165, 1.54) is 17.0 Å². The number of carbonyl (C=O) groups excluding carboxylic acids is 2. The average Bonchev–Trinajstić information content (AvgIpc) is 3.50. The minimum Gasteiger partial charge on any atom is -0.494 e. The normalized spacial score (nSPS) is 14.3. The topological polar surface area (TPSA) is 96.0 Å². The standard InChI is InChI=1S/C33H41N3O5S/c1-4-31(33(38)34-27-13-9-10-14-27)35(23-26-11-7-6-8-12-26)32(37)24-36(28-17-15-25(3)16-18-28)42(39,40)30-21-19-29(20-22-30)41-5-2/h6-8,11-12,15-22,27,31H,4-5,9-10,13-14,23-24H2,1-3H3,(H,34,38)/t31-/m0/s1. The van der Waals surface area contributed by atoms with Crippen LogP contribution < -0.4 is 14.4 Å². The van der Waals surface area contributed by atoms with Crippen LogP contribution in [0, 0.1) is 6.92 Å². The molecule has 1 aliphatic carbocycles. The van der Waals surface area contributed by atoms with Gasteiger partial charge in [-0.15, -0.1) is 0 Å². The Balaban J connectivity index is 1.69. The van der Waals surface area contributed by atoms with Crippen LogP contribution in [-0.2, 0) is 26.2 Å². The number of ether oxygens (including phenoxy) is 1. The highest BCUT2D eigenvalue weighted by Gasteiger charge is 2.34. The lowest BCUT2D eigenvalue weighted by Crippen LogP contribution is -2.53. The van der Waals surface area contributed by atoms with Crippen LogP contribution in [0.15, 0.2) is 83.8 Å². The molecule has 3 aromatic rings. The van der Waals surface area contributed by atoms with Gasteiger partial charge in [-0.2, -0.15) is 0 Å². The van der Waals surface area contributed by atoms with Crippen molar-refractivity contribution in [3.05, 3.63) is 90.0 Å². The second-order valence-corrected chi connectivity index (χ2v) is 12.5. The number of nitrogens with zero attached hydrogens (tertiary/aromatic N) is 2. The third kappa shape index (κ3) is 7.70. The van der Waals surface area contributed by atoms with E-state index in [0.717, 1.165) is 41.1 Å². The van der Waals surface area contributed by atoms with E-state index in [1.54, 1.807) is 24.3 Å². The molecule has 1 aliphatic rings.